The summed E-state index contributed by atoms with van der Waals surface area (Å²) in [5.41, 5.74) is 4.38. The molecular formula is C25H25N5O2. The Bertz CT molecular complexity index is 1220. The van der Waals surface area contributed by atoms with Crippen molar-refractivity contribution in [2.45, 2.75) is 19.4 Å². The Morgan fingerprint density at radius 1 is 1.09 bits per heavy atom. The number of pyridine rings is 2. The quantitative estimate of drug-likeness (QED) is 0.508. The standard InChI is InChI=1S/C25H25N5O2/c1-9-25(16-31-17-25)15-30(11-1)14-20-4-2-18-12-21(5-6-22(18)28-20)32-24-7-3-19(13-26-24)23-8-10-27-29-23/h2-8,10,12-13H,1,9,11,14-17H2,(H,27,29). The van der Waals surface area contributed by atoms with Gasteiger partial charge in [-0.15, -0.1) is 0 Å². The van der Waals surface area contributed by atoms with E-state index in [-0.39, 0.29) is 0 Å². The fourth-order valence-electron chi connectivity index (χ4n) is 4.74. The van der Waals surface area contributed by atoms with Crippen molar-refractivity contribution in [3.63, 3.8) is 0 Å². The number of benzene rings is 1. The van der Waals surface area contributed by atoms with Gasteiger partial charge in [-0.25, -0.2) is 4.98 Å². The summed E-state index contributed by atoms with van der Waals surface area (Å²) >= 11 is 0. The predicted octanol–water partition coefficient (Wildman–Crippen LogP) is 4.42. The monoisotopic (exact) mass is 427 g/mol. The van der Waals surface area contributed by atoms with Gasteiger partial charge in [-0.1, -0.05) is 6.07 Å². The van der Waals surface area contributed by atoms with Gasteiger partial charge in [-0.3, -0.25) is 15.0 Å². The van der Waals surface area contributed by atoms with Gasteiger partial charge in [0.25, 0.3) is 0 Å². The van der Waals surface area contributed by atoms with Crippen LogP contribution in [0.15, 0.2) is 60.9 Å². The van der Waals surface area contributed by atoms with Crippen LogP contribution in [0.4, 0.5) is 0 Å². The van der Waals surface area contributed by atoms with Crippen LogP contribution in [-0.4, -0.2) is 51.4 Å². The summed E-state index contributed by atoms with van der Waals surface area (Å²) in [7, 11) is 0. The number of fused-ring (bicyclic) bond motifs is 1. The molecule has 0 amide bonds. The van der Waals surface area contributed by atoms with Gasteiger partial charge >= 0.3 is 0 Å². The van der Waals surface area contributed by atoms with Gasteiger partial charge in [-0.2, -0.15) is 5.10 Å². The third-order valence-corrected chi connectivity index (χ3v) is 6.43. The van der Waals surface area contributed by atoms with Crippen molar-refractivity contribution in [1.82, 2.24) is 25.1 Å². The Labute approximate surface area is 186 Å². The Kier molecular flexibility index (Phi) is 4.85. The third kappa shape index (κ3) is 3.85. The van der Waals surface area contributed by atoms with Crippen molar-refractivity contribution < 1.29 is 9.47 Å². The third-order valence-electron chi connectivity index (χ3n) is 6.43. The second-order valence-electron chi connectivity index (χ2n) is 8.92. The number of piperidine rings is 1. The molecule has 2 aliphatic rings. The summed E-state index contributed by atoms with van der Waals surface area (Å²) < 4.78 is 11.5. The molecule has 2 saturated heterocycles. The highest BCUT2D eigenvalue weighted by atomic mass is 16.5. The highest BCUT2D eigenvalue weighted by Gasteiger charge is 2.41. The number of likely N-dealkylation sites (tertiary alicyclic amines) is 1. The number of hydrogen-bond donors (Lipinski definition) is 1. The highest BCUT2D eigenvalue weighted by molar-refractivity contribution is 5.80. The molecule has 3 aromatic heterocycles. The summed E-state index contributed by atoms with van der Waals surface area (Å²) in [6.45, 7) is 4.98. The van der Waals surface area contributed by atoms with Crippen LogP contribution in [0.2, 0.25) is 0 Å². The van der Waals surface area contributed by atoms with Crippen LogP contribution < -0.4 is 4.74 Å². The first kappa shape index (κ1) is 19.4. The van der Waals surface area contributed by atoms with Crippen LogP contribution in [0.25, 0.3) is 22.2 Å². The maximum Gasteiger partial charge on any atom is 0.219 e. The second-order valence-corrected chi connectivity index (χ2v) is 8.92. The lowest BCUT2D eigenvalue weighted by Gasteiger charge is -2.48. The molecule has 162 valence electrons. The summed E-state index contributed by atoms with van der Waals surface area (Å²) in [4.78, 5) is 11.8. The van der Waals surface area contributed by atoms with E-state index < -0.39 is 0 Å². The zero-order chi connectivity index (χ0) is 21.4. The molecule has 0 unspecified atom stereocenters. The first-order valence-corrected chi connectivity index (χ1v) is 11.1. The number of hydrogen-bond acceptors (Lipinski definition) is 6. The average molecular weight is 428 g/mol. The fraction of sp³-hybridized carbons (Fsp3) is 0.320. The average Bonchev–Trinajstić information content (AvgIpc) is 3.34. The zero-order valence-corrected chi connectivity index (χ0v) is 17.8. The number of rotatable bonds is 5. The van der Waals surface area contributed by atoms with Crippen LogP contribution in [0.3, 0.4) is 0 Å². The molecule has 0 radical (unpaired) electrons. The van der Waals surface area contributed by atoms with Crippen molar-refractivity contribution >= 4 is 10.9 Å². The topological polar surface area (TPSA) is 76.2 Å². The van der Waals surface area contributed by atoms with Crippen molar-refractivity contribution in [2.24, 2.45) is 5.41 Å². The number of aromatic amines is 1. The minimum absolute atomic E-state index is 0.395. The molecule has 1 N–H and O–H groups in total. The predicted molar refractivity (Wildman–Crippen MR) is 121 cm³/mol. The molecule has 0 saturated carbocycles. The SMILES string of the molecule is c1cc(-c2ccc(Oc3ccc4nc(CN5CCCC6(COC6)C5)ccc4c3)nc2)[nH]n1. The lowest BCUT2D eigenvalue weighted by molar-refractivity contribution is -0.145. The van der Waals surface area contributed by atoms with Crippen LogP contribution in [0.5, 0.6) is 11.6 Å². The van der Waals surface area contributed by atoms with Crippen LogP contribution in [0, 0.1) is 5.41 Å². The first-order chi connectivity index (χ1) is 15.7. The number of nitrogens with one attached hydrogen (secondary N) is 1. The maximum atomic E-state index is 5.97. The lowest BCUT2D eigenvalue weighted by Crippen LogP contribution is -2.53. The minimum atomic E-state index is 0.395. The van der Waals surface area contributed by atoms with Gasteiger partial charge in [0.2, 0.25) is 5.88 Å². The van der Waals surface area contributed by atoms with Crippen molar-refractivity contribution in [2.75, 3.05) is 26.3 Å². The lowest BCUT2D eigenvalue weighted by atomic mass is 9.78. The number of ether oxygens (including phenoxy) is 2. The van der Waals surface area contributed by atoms with E-state index in [0.29, 0.717) is 11.3 Å². The Balaban J connectivity index is 1.14. The highest BCUT2D eigenvalue weighted by Crippen LogP contribution is 2.37. The smallest absolute Gasteiger partial charge is 0.219 e. The van der Waals surface area contributed by atoms with E-state index in [9.17, 15) is 0 Å². The Hall–Kier alpha value is -3.29. The molecule has 32 heavy (non-hydrogen) atoms. The Morgan fingerprint density at radius 3 is 2.84 bits per heavy atom. The molecule has 7 nitrogen and oxygen atoms in total. The molecule has 2 aliphatic heterocycles. The van der Waals surface area contributed by atoms with Gasteiger partial charge in [0, 0.05) is 47.9 Å². The van der Waals surface area contributed by atoms with Crippen molar-refractivity contribution in [1.29, 1.82) is 0 Å². The van der Waals surface area contributed by atoms with E-state index in [1.54, 1.807) is 12.4 Å². The van der Waals surface area contributed by atoms with Gasteiger partial charge in [0.05, 0.1) is 30.1 Å². The molecule has 0 aliphatic carbocycles. The van der Waals surface area contributed by atoms with E-state index >= 15 is 0 Å². The van der Waals surface area contributed by atoms with Gasteiger partial charge < -0.3 is 9.47 Å². The van der Waals surface area contributed by atoms with Crippen molar-refractivity contribution in [3.8, 4) is 22.9 Å². The molecule has 0 atom stereocenters. The molecule has 1 aromatic carbocycles. The van der Waals surface area contributed by atoms with Gasteiger partial charge in [-0.05, 0) is 55.8 Å². The van der Waals surface area contributed by atoms with Crippen molar-refractivity contribution in [3.05, 3.63) is 66.6 Å². The summed E-state index contributed by atoms with van der Waals surface area (Å²) in [5.74, 6) is 1.30. The fourth-order valence-corrected chi connectivity index (χ4v) is 4.74. The van der Waals surface area contributed by atoms with Crippen LogP contribution in [0.1, 0.15) is 18.5 Å². The van der Waals surface area contributed by atoms with E-state index in [4.69, 9.17) is 14.5 Å². The molecule has 2 fully saturated rings. The summed E-state index contributed by atoms with van der Waals surface area (Å²) in [5, 5.41) is 7.97. The molecular weight excluding hydrogens is 402 g/mol. The summed E-state index contributed by atoms with van der Waals surface area (Å²) in [6.07, 6.45) is 6.03. The normalized spacial score (nSPS) is 18.0. The number of H-pyrrole nitrogens is 1. The second kappa shape index (κ2) is 8.00. The molecule has 6 rings (SSSR count). The molecule has 5 heterocycles. The van der Waals surface area contributed by atoms with E-state index in [0.717, 1.165) is 66.5 Å². The van der Waals surface area contributed by atoms with E-state index in [1.807, 2.05) is 36.4 Å². The maximum absolute atomic E-state index is 5.97. The van der Waals surface area contributed by atoms with Gasteiger partial charge in [0.1, 0.15) is 5.75 Å². The van der Waals surface area contributed by atoms with E-state index in [1.165, 1.54) is 12.8 Å². The number of nitrogens with zero attached hydrogens (tertiary/aromatic N) is 4. The number of aromatic nitrogens is 4. The summed E-state index contributed by atoms with van der Waals surface area (Å²) in [6, 6.07) is 16.0. The zero-order valence-electron chi connectivity index (χ0n) is 17.8. The van der Waals surface area contributed by atoms with Crippen LogP contribution >= 0.6 is 0 Å². The van der Waals surface area contributed by atoms with Gasteiger partial charge in [0.15, 0.2) is 0 Å². The Morgan fingerprint density at radius 2 is 2.06 bits per heavy atom. The largest absolute Gasteiger partial charge is 0.439 e. The molecule has 0 bridgehead atoms. The first-order valence-electron chi connectivity index (χ1n) is 11.1. The molecule has 4 aromatic rings. The van der Waals surface area contributed by atoms with Crippen LogP contribution in [-0.2, 0) is 11.3 Å². The minimum Gasteiger partial charge on any atom is -0.439 e. The van der Waals surface area contributed by atoms with E-state index in [2.05, 4.69) is 32.2 Å². The molecule has 7 heteroatoms. The molecule has 1 spiro atoms.